The summed E-state index contributed by atoms with van der Waals surface area (Å²) in [5.74, 6) is 0.451. The molecule has 106 valence electrons. The molecule has 3 aromatic rings. The van der Waals surface area contributed by atoms with Crippen LogP contribution in [0.25, 0.3) is 22.0 Å². The molecule has 0 aliphatic heterocycles. The maximum Gasteiger partial charge on any atom is 0.222 e. The Kier molecular flexibility index (Phi) is 3.22. The number of carbonyl (C=O) groups is 1. The number of aromatic amines is 1. The summed E-state index contributed by atoms with van der Waals surface area (Å²) >= 11 is 0. The number of nitrogens with zero attached hydrogens (tertiary/aromatic N) is 1. The highest BCUT2D eigenvalue weighted by atomic mass is 16.1. The lowest BCUT2D eigenvalue weighted by Crippen LogP contribution is -2.06. The molecule has 2 aromatic carbocycles. The Morgan fingerprint density at radius 2 is 1.95 bits per heavy atom. The van der Waals surface area contributed by atoms with E-state index in [9.17, 15) is 4.79 Å². The SMILES string of the molecule is CC(=O)Nc1n[nH]c2cc(-c3cc(C)ccc3C)ccc12. The standard InChI is InChI=1S/C17H17N3O/c1-10-4-5-11(2)15(8-10)13-6-7-14-16(9-13)19-20-17(14)18-12(3)21/h4-9H,1-3H3,(H2,18,19,20,21). The topological polar surface area (TPSA) is 57.8 Å². The minimum atomic E-state index is -0.123. The summed E-state index contributed by atoms with van der Waals surface area (Å²) in [4.78, 5) is 11.2. The summed E-state index contributed by atoms with van der Waals surface area (Å²) in [6.07, 6.45) is 0. The third kappa shape index (κ3) is 2.52. The summed E-state index contributed by atoms with van der Waals surface area (Å²) in [5, 5.41) is 10.8. The summed E-state index contributed by atoms with van der Waals surface area (Å²) < 4.78 is 0. The minimum absolute atomic E-state index is 0.123. The zero-order valence-electron chi connectivity index (χ0n) is 12.3. The van der Waals surface area contributed by atoms with Gasteiger partial charge in [-0.3, -0.25) is 9.89 Å². The van der Waals surface area contributed by atoms with Gasteiger partial charge < -0.3 is 5.32 Å². The smallest absolute Gasteiger partial charge is 0.222 e. The second-order valence-corrected chi connectivity index (χ2v) is 5.33. The molecule has 0 saturated carbocycles. The van der Waals surface area contributed by atoms with E-state index in [1.54, 1.807) is 0 Å². The molecule has 0 spiro atoms. The quantitative estimate of drug-likeness (QED) is 0.749. The molecule has 1 heterocycles. The largest absolute Gasteiger partial charge is 0.309 e. The van der Waals surface area contributed by atoms with Crippen LogP contribution in [0.15, 0.2) is 36.4 Å². The van der Waals surface area contributed by atoms with Gasteiger partial charge in [0.1, 0.15) is 0 Å². The number of anilines is 1. The lowest BCUT2D eigenvalue weighted by molar-refractivity contribution is -0.114. The fourth-order valence-corrected chi connectivity index (χ4v) is 2.50. The van der Waals surface area contributed by atoms with Gasteiger partial charge in [0, 0.05) is 12.3 Å². The molecule has 21 heavy (non-hydrogen) atoms. The third-order valence-corrected chi connectivity index (χ3v) is 3.56. The third-order valence-electron chi connectivity index (χ3n) is 3.56. The molecular weight excluding hydrogens is 262 g/mol. The number of hydrogen-bond donors (Lipinski definition) is 2. The molecule has 4 nitrogen and oxygen atoms in total. The number of aromatic nitrogens is 2. The normalized spacial score (nSPS) is 10.8. The van der Waals surface area contributed by atoms with Crippen LogP contribution in [0.5, 0.6) is 0 Å². The Hall–Kier alpha value is -2.62. The number of aryl methyl sites for hydroxylation is 2. The van der Waals surface area contributed by atoms with Gasteiger partial charge in [0.2, 0.25) is 5.91 Å². The van der Waals surface area contributed by atoms with E-state index in [-0.39, 0.29) is 5.91 Å². The second kappa shape index (κ2) is 5.05. The predicted octanol–water partition coefficient (Wildman–Crippen LogP) is 3.81. The molecule has 0 bridgehead atoms. The van der Waals surface area contributed by atoms with Crippen LogP contribution in [0, 0.1) is 13.8 Å². The second-order valence-electron chi connectivity index (χ2n) is 5.33. The fraction of sp³-hybridized carbons (Fsp3) is 0.176. The van der Waals surface area contributed by atoms with Crippen molar-refractivity contribution in [2.45, 2.75) is 20.8 Å². The number of carbonyl (C=O) groups excluding carboxylic acids is 1. The van der Waals surface area contributed by atoms with Crippen molar-refractivity contribution in [2.75, 3.05) is 5.32 Å². The van der Waals surface area contributed by atoms with E-state index in [4.69, 9.17) is 0 Å². The highest BCUT2D eigenvalue weighted by Crippen LogP contribution is 2.29. The number of nitrogens with one attached hydrogen (secondary N) is 2. The Balaban J connectivity index is 2.10. The van der Waals surface area contributed by atoms with Crippen molar-refractivity contribution in [3.8, 4) is 11.1 Å². The van der Waals surface area contributed by atoms with E-state index in [1.165, 1.54) is 23.6 Å². The predicted molar refractivity (Wildman–Crippen MR) is 85.3 cm³/mol. The summed E-state index contributed by atoms with van der Waals surface area (Å²) in [6.45, 7) is 5.67. The van der Waals surface area contributed by atoms with Crippen molar-refractivity contribution in [1.82, 2.24) is 10.2 Å². The number of benzene rings is 2. The Morgan fingerprint density at radius 1 is 1.14 bits per heavy atom. The zero-order valence-corrected chi connectivity index (χ0v) is 12.3. The molecule has 0 aliphatic rings. The molecule has 1 amide bonds. The van der Waals surface area contributed by atoms with E-state index in [1.807, 2.05) is 6.07 Å². The van der Waals surface area contributed by atoms with Crippen LogP contribution in [0.3, 0.4) is 0 Å². The van der Waals surface area contributed by atoms with Gasteiger partial charge in [0.05, 0.1) is 5.52 Å². The van der Waals surface area contributed by atoms with Crippen molar-refractivity contribution < 1.29 is 4.79 Å². The van der Waals surface area contributed by atoms with Gasteiger partial charge in [-0.2, -0.15) is 5.10 Å². The van der Waals surface area contributed by atoms with Gasteiger partial charge in [-0.15, -0.1) is 0 Å². The first kappa shape index (κ1) is 13.4. The van der Waals surface area contributed by atoms with E-state index in [0.717, 1.165) is 16.5 Å². The highest BCUT2D eigenvalue weighted by Gasteiger charge is 2.09. The Bertz CT molecular complexity index is 833. The van der Waals surface area contributed by atoms with E-state index >= 15 is 0 Å². The van der Waals surface area contributed by atoms with Crippen molar-refractivity contribution >= 4 is 22.6 Å². The van der Waals surface area contributed by atoms with Crippen LogP contribution in [-0.4, -0.2) is 16.1 Å². The monoisotopic (exact) mass is 279 g/mol. The molecule has 1 aromatic heterocycles. The van der Waals surface area contributed by atoms with Crippen molar-refractivity contribution in [2.24, 2.45) is 0 Å². The lowest BCUT2D eigenvalue weighted by atomic mass is 9.98. The fourth-order valence-electron chi connectivity index (χ4n) is 2.50. The minimum Gasteiger partial charge on any atom is -0.309 e. The van der Waals surface area contributed by atoms with E-state index in [2.05, 4.69) is 59.7 Å². The van der Waals surface area contributed by atoms with Gasteiger partial charge >= 0.3 is 0 Å². The van der Waals surface area contributed by atoms with Crippen molar-refractivity contribution in [3.63, 3.8) is 0 Å². The average molecular weight is 279 g/mol. The number of amides is 1. The van der Waals surface area contributed by atoms with Gasteiger partial charge in [0.15, 0.2) is 5.82 Å². The molecule has 0 aliphatic carbocycles. The molecule has 0 radical (unpaired) electrons. The molecule has 2 N–H and O–H groups in total. The van der Waals surface area contributed by atoms with Crippen LogP contribution in [-0.2, 0) is 4.79 Å². The maximum absolute atomic E-state index is 11.2. The Morgan fingerprint density at radius 3 is 2.71 bits per heavy atom. The average Bonchev–Trinajstić information content (AvgIpc) is 2.83. The van der Waals surface area contributed by atoms with Crippen molar-refractivity contribution in [1.29, 1.82) is 0 Å². The molecule has 0 saturated heterocycles. The van der Waals surface area contributed by atoms with Gasteiger partial charge in [0.25, 0.3) is 0 Å². The first-order valence-electron chi connectivity index (χ1n) is 6.88. The summed E-state index contributed by atoms with van der Waals surface area (Å²) in [7, 11) is 0. The first-order valence-corrected chi connectivity index (χ1v) is 6.88. The van der Waals surface area contributed by atoms with Gasteiger partial charge in [-0.05, 0) is 42.7 Å². The number of H-pyrrole nitrogens is 1. The molecule has 0 unspecified atom stereocenters. The van der Waals surface area contributed by atoms with Crippen LogP contribution in [0.1, 0.15) is 18.1 Å². The molecular formula is C17H17N3O. The van der Waals surface area contributed by atoms with Crippen LogP contribution < -0.4 is 5.32 Å². The van der Waals surface area contributed by atoms with Crippen LogP contribution >= 0.6 is 0 Å². The highest BCUT2D eigenvalue weighted by molar-refractivity contribution is 5.99. The zero-order chi connectivity index (χ0) is 15.0. The maximum atomic E-state index is 11.2. The van der Waals surface area contributed by atoms with Gasteiger partial charge in [-0.1, -0.05) is 29.8 Å². The summed E-state index contributed by atoms with van der Waals surface area (Å²) in [6, 6.07) is 12.5. The van der Waals surface area contributed by atoms with Crippen LogP contribution in [0.2, 0.25) is 0 Å². The lowest BCUT2D eigenvalue weighted by Gasteiger charge is -2.07. The van der Waals surface area contributed by atoms with E-state index < -0.39 is 0 Å². The number of hydrogen-bond acceptors (Lipinski definition) is 2. The molecule has 0 fully saturated rings. The van der Waals surface area contributed by atoms with E-state index in [0.29, 0.717) is 5.82 Å². The number of rotatable bonds is 2. The first-order chi connectivity index (χ1) is 10.0. The summed E-state index contributed by atoms with van der Waals surface area (Å²) in [5.41, 5.74) is 5.74. The number of fused-ring (bicyclic) bond motifs is 1. The molecule has 4 heteroatoms. The molecule has 3 rings (SSSR count). The Labute approximate surface area is 123 Å². The van der Waals surface area contributed by atoms with Crippen LogP contribution in [0.4, 0.5) is 5.82 Å². The van der Waals surface area contributed by atoms with Crippen molar-refractivity contribution in [3.05, 3.63) is 47.5 Å². The molecule has 0 atom stereocenters. The van der Waals surface area contributed by atoms with Gasteiger partial charge in [-0.25, -0.2) is 0 Å².